The molecule has 0 unspecified atom stereocenters. The van der Waals surface area contributed by atoms with E-state index in [1.165, 1.54) is 32.8 Å². The third-order valence-electron chi connectivity index (χ3n) is 5.24. The van der Waals surface area contributed by atoms with Crippen molar-refractivity contribution in [3.8, 4) is 23.3 Å². The van der Waals surface area contributed by atoms with E-state index in [1.807, 2.05) is 0 Å². The lowest BCUT2D eigenvalue weighted by Crippen LogP contribution is -2.40. The number of carbonyl (C=O) groups is 2. The summed E-state index contributed by atoms with van der Waals surface area (Å²) >= 11 is 0. The zero-order chi connectivity index (χ0) is 27.2. The number of hydrogen-bond acceptors (Lipinski definition) is 9. The number of fused-ring (bicyclic) bond motifs is 1. The van der Waals surface area contributed by atoms with Gasteiger partial charge in [0.25, 0.3) is 0 Å². The highest BCUT2D eigenvalue weighted by atomic mass is 16.6. The topological polar surface area (TPSA) is 133 Å². The van der Waals surface area contributed by atoms with E-state index in [9.17, 15) is 14.9 Å². The molecule has 0 aliphatic rings. The van der Waals surface area contributed by atoms with E-state index in [-0.39, 0.29) is 30.4 Å². The quantitative estimate of drug-likeness (QED) is 0.423. The van der Waals surface area contributed by atoms with Gasteiger partial charge in [-0.3, -0.25) is 14.8 Å². The van der Waals surface area contributed by atoms with E-state index in [4.69, 9.17) is 18.9 Å². The largest absolute Gasteiger partial charge is 0.493 e. The Labute approximate surface area is 215 Å². The summed E-state index contributed by atoms with van der Waals surface area (Å²) in [7, 11) is 3.03. The molecule has 37 heavy (non-hydrogen) atoms. The summed E-state index contributed by atoms with van der Waals surface area (Å²) in [5.41, 5.74) is 1.10. The number of methoxy groups -OCH3 is 2. The molecule has 10 nitrogen and oxygen atoms in total. The number of nitriles is 1. The van der Waals surface area contributed by atoms with Gasteiger partial charge in [-0.15, -0.1) is 0 Å². The first kappa shape index (κ1) is 27.2. The molecule has 1 N–H and O–H groups in total. The molecule has 10 heteroatoms. The average molecular weight is 507 g/mol. The van der Waals surface area contributed by atoms with Gasteiger partial charge in [-0.05, 0) is 45.4 Å². The molecule has 3 rings (SSSR count). The van der Waals surface area contributed by atoms with Gasteiger partial charge in [0.2, 0.25) is 0 Å². The van der Waals surface area contributed by atoms with Gasteiger partial charge < -0.3 is 24.3 Å². The highest BCUT2D eigenvalue weighted by Crippen LogP contribution is 2.34. The zero-order valence-corrected chi connectivity index (χ0v) is 21.7. The van der Waals surface area contributed by atoms with Crippen LogP contribution in [0.15, 0.2) is 36.8 Å². The molecule has 3 aromatic rings. The maximum atomic E-state index is 13.2. The van der Waals surface area contributed by atoms with Crippen molar-refractivity contribution in [3.63, 3.8) is 0 Å². The third kappa shape index (κ3) is 7.07. The van der Waals surface area contributed by atoms with Gasteiger partial charge >= 0.3 is 6.09 Å². The highest BCUT2D eigenvalue weighted by molar-refractivity contribution is 6.00. The van der Waals surface area contributed by atoms with E-state index < -0.39 is 11.7 Å². The molecule has 2 aromatic heterocycles. The molecule has 2 heterocycles. The Balaban J connectivity index is 1.77. The molecule has 1 atom stereocenters. The van der Waals surface area contributed by atoms with Crippen molar-refractivity contribution in [1.29, 1.82) is 5.26 Å². The number of Topliss-reactive ketones (excluding diaryl/α,β-unsaturated/α-hetero) is 1. The fourth-order valence-corrected chi connectivity index (χ4v) is 3.55. The van der Waals surface area contributed by atoms with Crippen molar-refractivity contribution < 1.29 is 28.5 Å². The van der Waals surface area contributed by atoms with Crippen LogP contribution in [0.25, 0.3) is 10.9 Å². The molecule has 0 aliphatic carbocycles. The number of ether oxygens (including phenoxy) is 4. The minimum atomic E-state index is -0.605. The second-order valence-electron chi connectivity index (χ2n) is 9.35. The molecule has 1 aromatic carbocycles. The second-order valence-corrected chi connectivity index (χ2v) is 9.35. The summed E-state index contributed by atoms with van der Waals surface area (Å²) in [6.07, 6.45) is 3.76. The summed E-state index contributed by atoms with van der Waals surface area (Å²) in [6.45, 7) is 7.26. The Bertz CT molecular complexity index is 1340. The van der Waals surface area contributed by atoms with E-state index >= 15 is 0 Å². The van der Waals surface area contributed by atoms with E-state index in [1.54, 1.807) is 45.9 Å². The van der Waals surface area contributed by atoms with Crippen LogP contribution in [0.2, 0.25) is 0 Å². The molecular formula is C27H30N4O6. The zero-order valence-electron chi connectivity index (χ0n) is 21.7. The van der Waals surface area contributed by atoms with Crippen LogP contribution in [0.3, 0.4) is 0 Å². The molecule has 194 valence electrons. The van der Waals surface area contributed by atoms with Crippen LogP contribution in [0.1, 0.15) is 49.2 Å². The van der Waals surface area contributed by atoms with Gasteiger partial charge in [-0.1, -0.05) is 0 Å². The van der Waals surface area contributed by atoms with Gasteiger partial charge in [-0.25, -0.2) is 4.79 Å². The van der Waals surface area contributed by atoms with Crippen molar-refractivity contribution in [3.05, 3.63) is 53.5 Å². The molecule has 0 saturated carbocycles. The molecular weight excluding hydrogens is 476 g/mol. The first-order valence-corrected chi connectivity index (χ1v) is 11.6. The number of carbonyl (C=O) groups excluding carboxylic acids is 2. The molecule has 0 saturated heterocycles. The maximum absolute atomic E-state index is 13.2. The van der Waals surface area contributed by atoms with Crippen molar-refractivity contribution in [2.24, 2.45) is 0 Å². The fourth-order valence-electron chi connectivity index (χ4n) is 3.55. The molecule has 0 spiro atoms. The molecule has 0 fully saturated rings. The second kappa shape index (κ2) is 11.6. The number of benzene rings is 1. The fraction of sp³-hybridized carbons (Fsp3) is 0.370. The van der Waals surface area contributed by atoms with Crippen molar-refractivity contribution in [2.75, 3.05) is 20.8 Å². The standard InChI is InChI=1S/C27H30N4O6/c1-16(31-26(33)37-27(2,3)4)15-36-19-7-17(12-29-14-19)23(32)8-20-18(11-28)13-30-22-10-25(35-6)24(34-5)9-21(20)22/h7,9-10,12-14,16H,8,15H2,1-6H3,(H,31,33)/t16-/m1/s1. The number of rotatable bonds is 9. The molecule has 0 aliphatic heterocycles. The number of alkyl carbamates (subject to hydrolysis) is 1. The monoisotopic (exact) mass is 506 g/mol. The number of amides is 1. The highest BCUT2D eigenvalue weighted by Gasteiger charge is 2.19. The third-order valence-corrected chi connectivity index (χ3v) is 5.24. The summed E-state index contributed by atoms with van der Waals surface area (Å²) in [4.78, 5) is 33.6. The predicted molar refractivity (Wildman–Crippen MR) is 136 cm³/mol. The Morgan fingerprint density at radius 1 is 1.08 bits per heavy atom. The average Bonchev–Trinajstić information content (AvgIpc) is 2.85. The Morgan fingerprint density at radius 3 is 2.43 bits per heavy atom. The van der Waals surface area contributed by atoms with Gasteiger partial charge in [-0.2, -0.15) is 5.26 Å². The number of hydrogen-bond donors (Lipinski definition) is 1. The van der Waals surface area contributed by atoms with Gasteiger partial charge in [0.05, 0.1) is 37.5 Å². The van der Waals surface area contributed by atoms with Crippen LogP contribution in [0, 0.1) is 11.3 Å². The smallest absolute Gasteiger partial charge is 0.407 e. The normalized spacial score (nSPS) is 11.8. The van der Waals surface area contributed by atoms with Gasteiger partial charge in [0.1, 0.15) is 24.0 Å². The Morgan fingerprint density at radius 2 is 1.78 bits per heavy atom. The number of ketones is 1. The number of aromatic nitrogens is 2. The summed E-state index contributed by atoms with van der Waals surface area (Å²) in [5, 5.41) is 13.0. The van der Waals surface area contributed by atoms with E-state index in [0.29, 0.717) is 39.3 Å². The lowest BCUT2D eigenvalue weighted by atomic mass is 9.96. The van der Waals surface area contributed by atoms with Crippen LogP contribution in [0.5, 0.6) is 17.2 Å². The van der Waals surface area contributed by atoms with Crippen LogP contribution in [0.4, 0.5) is 4.79 Å². The van der Waals surface area contributed by atoms with Crippen molar-refractivity contribution in [1.82, 2.24) is 15.3 Å². The van der Waals surface area contributed by atoms with Gasteiger partial charge in [0.15, 0.2) is 17.3 Å². The first-order valence-electron chi connectivity index (χ1n) is 11.6. The summed E-state index contributed by atoms with van der Waals surface area (Å²) in [5.74, 6) is 1.08. The predicted octanol–water partition coefficient (Wildman–Crippen LogP) is 4.24. The van der Waals surface area contributed by atoms with Crippen LogP contribution in [-0.2, 0) is 11.2 Å². The lowest BCUT2D eigenvalue weighted by molar-refractivity contribution is 0.0494. The van der Waals surface area contributed by atoms with Gasteiger partial charge in [0, 0.05) is 35.8 Å². The number of nitrogens with one attached hydrogen (secondary N) is 1. The summed E-state index contributed by atoms with van der Waals surface area (Å²) < 4.78 is 21.7. The SMILES string of the molecule is COc1cc2ncc(C#N)c(CC(=O)c3cncc(OC[C@@H](C)NC(=O)OC(C)(C)C)c3)c2cc1OC. The first-order chi connectivity index (χ1) is 17.5. The Kier molecular flexibility index (Phi) is 8.50. The number of nitrogens with zero attached hydrogens (tertiary/aromatic N) is 3. The molecule has 1 amide bonds. The van der Waals surface area contributed by atoms with Crippen LogP contribution < -0.4 is 19.5 Å². The van der Waals surface area contributed by atoms with E-state index in [2.05, 4.69) is 21.4 Å². The minimum Gasteiger partial charge on any atom is -0.493 e. The maximum Gasteiger partial charge on any atom is 0.407 e. The van der Waals surface area contributed by atoms with Crippen LogP contribution in [-0.4, -0.2) is 54.3 Å². The molecule has 0 radical (unpaired) electrons. The number of pyridine rings is 2. The minimum absolute atomic E-state index is 0.0564. The summed E-state index contributed by atoms with van der Waals surface area (Å²) in [6, 6.07) is 6.76. The van der Waals surface area contributed by atoms with Crippen molar-refractivity contribution >= 4 is 22.8 Å². The lowest BCUT2D eigenvalue weighted by Gasteiger charge is -2.22. The molecule has 0 bridgehead atoms. The van der Waals surface area contributed by atoms with Crippen molar-refractivity contribution in [2.45, 2.75) is 45.8 Å². The van der Waals surface area contributed by atoms with E-state index in [0.717, 1.165) is 0 Å². The Hall–Kier alpha value is -4.39. The van der Waals surface area contributed by atoms with Crippen LogP contribution >= 0.6 is 0 Å².